The van der Waals surface area contributed by atoms with Crippen molar-refractivity contribution < 1.29 is 17.6 Å². The summed E-state index contributed by atoms with van der Waals surface area (Å²) in [4.78, 5) is 12.2. The molecule has 1 heterocycles. The van der Waals surface area contributed by atoms with E-state index < -0.39 is 21.6 Å². The molecule has 5 nitrogen and oxygen atoms in total. The summed E-state index contributed by atoms with van der Waals surface area (Å²) in [6.45, 7) is 3.30. The number of benzene rings is 1. The highest BCUT2D eigenvalue weighted by Gasteiger charge is 2.25. The van der Waals surface area contributed by atoms with Gasteiger partial charge in [-0.05, 0) is 50.2 Å². The zero-order valence-electron chi connectivity index (χ0n) is 12.5. The molecule has 1 fully saturated rings. The Bertz CT molecular complexity index is 610. The molecule has 1 unspecified atom stereocenters. The molecule has 122 valence electrons. The molecular weight excluding hydrogens is 307 g/mol. The lowest BCUT2D eigenvalue weighted by molar-refractivity contribution is -0.124. The summed E-state index contributed by atoms with van der Waals surface area (Å²) in [6.07, 6.45) is 1.70. The van der Waals surface area contributed by atoms with Gasteiger partial charge in [0.25, 0.3) is 0 Å². The molecule has 0 spiro atoms. The van der Waals surface area contributed by atoms with E-state index in [-0.39, 0.29) is 22.6 Å². The van der Waals surface area contributed by atoms with Gasteiger partial charge in [0.05, 0.1) is 10.6 Å². The second-order valence-corrected chi connectivity index (χ2v) is 7.70. The maximum Gasteiger partial charge on any atom is 0.224 e. The van der Waals surface area contributed by atoms with Gasteiger partial charge in [-0.3, -0.25) is 4.79 Å². The first-order chi connectivity index (χ1) is 10.4. The summed E-state index contributed by atoms with van der Waals surface area (Å²) < 4.78 is 37.3. The standard InChI is InChI=1S/C15H21FN2O3S/c1-11(15(19)18-13-6-8-17-9-7-13)10-22(20,21)14-4-2-12(16)3-5-14/h2-5,11,13,17H,6-10H2,1H3,(H,18,19). The molecule has 7 heteroatoms. The van der Waals surface area contributed by atoms with Gasteiger partial charge in [-0.2, -0.15) is 0 Å². The fourth-order valence-corrected chi connectivity index (χ4v) is 4.01. The third kappa shape index (κ3) is 4.51. The summed E-state index contributed by atoms with van der Waals surface area (Å²) in [7, 11) is -3.60. The van der Waals surface area contributed by atoms with E-state index >= 15 is 0 Å². The van der Waals surface area contributed by atoms with Gasteiger partial charge in [-0.15, -0.1) is 0 Å². The van der Waals surface area contributed by atoms with Crippen molar-refractivity contribution in [1.29, 1.82) is 0 Å². The minimum atomic E-state index is -3.60. The second kappa shape index (κ2) is 7.19. The highest BCUT2D eigenvalue weighted by atomic mass is 32.2. The lowest BCUT2D eigenvalue weighted by atomic mass is 10.1. The van der Waals surface area contributed by atoms with E-state index in [2.05, 4.69) is 10.6 Å². The molecule has 2 rings (SSSR count). The van der Waals surface area contributed by atoms with Crippen LogP contribution in [0.2, 0.25) is 0 Å². The Balaban J connectivity index is 1.95. The molecule has 1 atom stereocenters. The zero-order valence-corrected chi connectivity index (χ0v) is 13.3. The lowest BCUT2D eigenvalue weighted by Gasteiger charge is -2.25. The van der Waals surface area contributed by atoms with E-state index in [9.17, 15) is 17.6 Å². The summed E-state index contributed by atoms with van der Waals surface area (Å²) in [5, 5.41) is 6.10. The number of carbonyl (C=O) groups is 1. The molecule has 1 aromatic carbocycles. The normalized spacial score (nSPS) is 17.9. The van der Waals surface area contributed by atoms with Crippen LogP contribution in [0.5, 0.6) is 0 Å². The highest BCUT2D eigenvalue weighted by molar-refractivity contribution is 7.91. The van der Waals surface area contributed by atoms with Crippen LogP contribution < -0.4 is 10.6 Å². The van der Waals surface area contributed by atoms with Crippen LogP contribution in [0.4, 0.5) is 4.39 Å². The van der Waals surface area contributed by atoms with Gasteiger partial charge >= 0.3 is 0 Å². The topological polar surface area (TPSA) is 75.3 Å². The predicted molar refractivity (Wildman–Crippen MR) is 81.7 cm³/mol. The number of piperidine rings is 1. The van der Waals surface area contributed by atoms with Crippen LogP contribution in [0.25, 0.3) is 0 Å². The van der Waals surface area contributed by atoms with E-state index in [1.807, 2.05) is 0 Å². The minimum Gasteiger partial charge on any atom is -0.353 e. The van der Waals surface area contributed by atoms with Gasteiger partial charge in [0.2, 0.25) is 5.91 Å². The van der Waals surface area contributed by atoms with Crippen LogP contribution in [0, 0.1) is 11.7 Å². The third-order valence-electron chi connectivity index (χ3n) is 3.78. The SMILES string of the molecule is CC(CS(=O)(=O)c1ccc(F)cc1)C(=O)NC1CCNCC1. The Morgan fingerprint density at radius 2 is 1.91 bits per heavy atom. The van der Waals surface area contributed by atoms with E-state index in [1.165, 1.54) is 12.1 Å². The van der Waals surface area contributed by atoms with Crippen LogP contribution in [-0.2, 0) is 14.6 Å². The highest BCUT2D eigenvalue weighted by Crippen LogP contribution is 2.15. The van der Waals surface area contributed by atoms with E-state index in [1.54, 1.807) is 6.92 Å². The van der Waals surface area contributed by atoms with Gasteiger partial charge in [0.15, 0.2) is 9.84 Å². The van der Waals surface area contributed by atoms with Crippen molar-refractivity contribution >= 4 is 15.7 Å². The number of halogens is 1. The number of rotatable bonds is 5. The molecule has 0 radical (unpaired) electrons. The molecule has 0 aliphatic carbocycles. The summed E-state index contributed by atoms with van der Waals surface area (Å²) in [5.74, 6) is -1.67. The monoisotopic (exact) mass is 328 g/mol. The van der Waals surface area contributed by atoms with Crippen LogP contribution >= 0.6 is 0 Å². The molecule has 1 aliphatic heterocycles. The Hall–Kier alpha value is -1.47. The smallest absolute Gasteiger partial charge is 0.224 e. The largest absolute Gasteiger partial charge is 0.353 e. The maximum atomic E-state index is 12.9. The predicted octanol–water partition coefficient (Wildman–Crippen LogP) is 1.10. The molecule has 1 aliphatic rings. The van der Waals surface area contributed by atoms with Crippen LogP contribution in [-0.4, -0.2) is 39.2 Å². The number of hydrogen-bond acceptors (Lipinski definition) is 4. The molecule has 2 N–H and O–H groups in total. The van der Waals surface area contributed by atoms with Crippen molar-refractivity contribution in [2.24, 2.45) is 5.92 Å². The van der Waals surface area contributed by atoms with Crippen molar-refractivity contribution in [2.45, 2.75) is 30.7 Å². The van der Waals surface area contributed by atoms with Gasteiger partial charge in [0.1, 0.15) is 5.82 Å². The molecule has 0 bridgehead atoms. The first kappa shape index (κ1) is 16.9. The zero-order chi connectivity index (χ0) is 16.2. The first-order valence-corrected chi connectivity index (χ1v) is 9.03. The molecular formula is C15H21FN2O3S. The van der Waals surface area contributed by atoms with Crippen LogP contribution in [0.15, 0.2) is 29.2 Å². The Morgan fingerprint density at radius 3 is 2.50 bits per heavy atom. The first-order valence-electron chi connectivity index (χ1n) is 7.38. The number of nitrogens with one attached hydrogen (secondary N) is 2. The Kier molecular flexibility index (Phi) is 5.52. The van der Waals surface area contributed by atoms with Crippen molar-refractivity contribution in [2.75, 3.05) is 18.8 Å². The summed E-state index contributed by atoms with van der Waals surface area (Å²) in [5.41, 5.74) is 0. The molecule has 0 aromatic heterocycles. The molecule has 22 heavy (non-hydrogen) atoms. The van der Waals surface area contributed by atoms with Gasteiger partial charge < -0.3 is 10.6 Å². The molecule has 0 saturated carbocycles. The van der Waals surface area contributed by atoms with Gasteiger partial charge in [-0.1, -0.05) is 6.92 Å². The fraction of sp³-hybridized carbons (Fsp3) is 0.533. The van der Waals surface area contributed by atoms with E-state index in [0.717, 1.165) is 38.1 Å². The summed E-state index contributed by atoms with van der Waals surface area (Å²) in [6, 6.07) is 4.76. The third-order valence-corrected chi connectivity index (χ3v) is 5.70. The van der Waals surface area contributed by atoms with Crippen molar-refractivity contribution in [1.82, 2.24) is 10.6 Å². The van der Waals surface area contributed by atoms with E-state index in [4.69, 9.17) is 0 Å². The second-order valence-electron chi connectivity index (χ2n) is 5.67. The van der Waals surface area contributed by atoms with Crippen molar-refractivity contribution in [3.63, 3.8) is 0 Å². The van der Waals surface area contributed by atoms with Crippen LogP contribution in [0.3, 0.4) is 0 Å². The Morgan fingerprint density at radius 1 is 1.32 bits per heavy atom. The number of carbonyl (C=O) groups excluding carboxylic acids is 1. The fourth-order valence-electron chi connectivity index (χ4n) is 2.45. The number of amides is 1. The molecule has 1 aromatic rings. The minimum absolute atomic E-state index is 0.0374. The lowest BCUT2D eigenvalue weighted by Crippen LogP contribution is -2.45. The van der Waals surface area contributed by atoms with Crippen molar-refractivity contribution in [3.8, 4) is 0 Å². The number of hydrogen-bond donors (Lipinski definition) is 2. The van der Waals surface area contributed by atoms with Crippen LogP contribution in [0.1, 0.15) is 19.8 Å². The Labute approximate surface area is 130 Å². The average Bonchev–Trinajstić information content (AvgIpc) is 2.48. The molecule has 1 saturated heterocycles. The van der Waals surface area contributed by atoms with Crippen molar-refractivity contribution in [3.05, 3.63) is 30.1 Å². The quantitative estimate of drug-likeness (QED) is 0.794. The number of sulfone groups is 1. The van der Waals surface area contributed by atoms with E-state index in [0.29, 0.717) is 0 Å². The molecule has 1 amide bonds. The summed E-state index contributed by atoms with van der Waals surface area (Å²) >= 11 is 0. The van der Waals surface area contributed by atoms with Gasteiger partial charge in [-0.25, -0.2) is 12.8 Å². The average molecular weight is 328 g/mol. The maximum absolute atomic E-state index is 12.9. The van der Waals surface area contributed by atoms with Gasteiger partial charge in [0, 0.05) is 12.0 Å².